The van der Waals surface area contributed by atoms with Gasteiger partial charge in [0.05, 0.1) is 12.1 Å². The van der Waals surface area contributed by atoms with Crippen molar-refractivity contribution in [2.45, 2.75) is 39.2 Å². The van der Waals surface area contributed by atoms with Crippen LogP contribution >= 0.6 is 0 Å². The standard InChI is InChI=1S/C15H19NO4/c1-3-4-7-16-11-8-10(2)5-6-12(11)20-13(15(16)19)9-14(17)18/h5-6,8,13H,3-4,7,9H2,1-2H3,(H,17,18). The first-order valence-corrected chi connectivity index (χ1v) is 6.83. The van der Waals surface area contributed by atoms with Crippen molar-refractivity contribution >= 4 is 17.6 Å². The van der Waals surface area contributed by atoms with E-state index in [2.05, 4.69) is 6.92 Å². The summed E-state index contributed by atoms with van der Waals surface area (Å²) in [4.78, 5) is 24.9. The number of carboxylic acids is 1. The van der Waals surface area contributed by atoms with E-state index < -0.39 is 12.1 Å². The molecule has 1 aromatic rings. The molecule has 0 spiro atoms. The third kappa shape index (κ3) is 2.92. The van der Waals surface area contributed by atoms with Crippen molar-refractivity contribution < 1.29 is 19.4 Å². The molecular formula is C15H19NO4. The first-order valence-electron chi connectivity index (χ1n) is 6.83. The maximum atomic E-state index is 12.4. The molecule has 1 atom stereocenters. The first-order chi connectivity index (χ1) is 9.52. The molecule has 0 saturated carbocycles. The lowest BCUT2D eigenvalue weighted by Gasteiger charge is -2.34. The number of aliphatic carboxylic acids is 1. The van der Waals surface area contributed by atoms with Gasteiger partial charge in [0.1, 0.15) is 5.75 Å². The Balaban J connectivity index is 2.34. The van der Waals surface area contributed by atoms with Crippen LogP contribution in [-0.2, 0) is 9.59 Å². The van der Waals surface area contributed by atoms with Gasteiger partial charge in [-0.2, -0.15) is 0 Å². The minimum absolute atomic E-state index is 0.265. The maximum Gasteiger partial charge on any atom is 0.307 e. The van der Waals surface area contributed by atoms with Gasteiger partial charge >= 0.3 is 5.97 Å². The van der Waals surface area contributed by atoms with Crippen molar-refractivity contribution in [3.8, 4) is 5.75 Å². The van der Waals surface area contributed by atoms with Crippen molar-refractivity contribution in [3.05, 3.63) is 23.8 Å². The van der Waals surface area contributed by atoms with Gasteiger partial charge in [-0.05, 0) is 31.0 Å². The van der Waals surface area contributed by atoms with Gasteiger partial charge in [0.15, 0.2) is 6.10 Å². The SMILES string of the molecule is CCCCN1C(=O)C(CC(=O)O)Oc2ccc(C)cc21. The minimum Gasteiger partial charge on any atom is -0.481 e. The van der Waals surface area contributed by atoms with Gasteiger partial charge in [-0.25, -0.2) is 0 Å². The number of hydrogen-bond donors (Lipinski definition) is 1. The summed E-state index contributed by atoms with van der Waals surface area (Å²) in [6, 6.07) is 5.59. The average molecular weight is 277 g/mol. The number of ether oxygens (including phenoxy) is 1. The summed E-state index contributed by atoms with van der Waals surface area (Å²) in [5.74, 6) is -0.717. The number of hydrogen-bond acceptors (Lipinski definition) is 3. The highest BCUT2D eigenvalue weighted by Crippen LogP contribution is 2.35. The average Bonchev–Trinajstić information content (AvgIpc) is 2.39. The first kappa shape index (κ1) is 14.4. The van der Waals surface area contributed by atoms with E-state index in [0.717, 1.165) is 24.1 Å². The van der Waals surface area contributed by atoms with Gasteiger partial charge in [-0.1, -0.05) is 19.4 Å². The fraction of sp³-hybridized carbons (Fsp3) is 0.467. The van der Waals surface area contributed by atoms with E-state index in [9.17, 15) is 9.59 Å². The van der Waals surface area contributed by atoms with E-state index >= 15 is 0 Å². The molecule has 1 aliphatic rings. The Labute approximate surface area is 118 Å². The molecule has 5 heteroatoms. The summed E-state index contributed by atoms with van der Waals surface area (Å²) in [7, 11) is 0. The highest BCUT2D eigenvalue weighted by molar-refractivity contribution is 6.01. The number of anilines is 1. The Morgan fingerprint density at radius 2 is 2.20 bits per heavy atom. The maximum absolute atomic E-state index is 12.4. The van der Waals surface area contributed by atoms with Crippen LogP contribution in [0.15, 0.2) is 18.2 Å². The molecule has 0 bridgehead atoms. The molecule has 5 nitrogen and oxygen atoms in total. The Morgan fingerprint density at radius 3 is 2.85 bits per heavy atom. The van der Waals surface area contributed by atoms with Crippen molar-refractivity contribution in [1.29, 1.82) is 0 Å². The molecule has 108 valence electrons. The fourth-order valence-corrected chi connectivity index (χ4v) is 2.27. The van der Waals surface area contributed by atoms with Crippen LogP contribution in [0.3, 0.4) is 0 Å². The number of carbonyl (C=O) groups excluding carboxylic acids is 1. The predicted octanol–water partition coefficient (Wildman–Crippen LogP) is 2.36. The van der Waals surface area contributed by atoms with Gasteiger partial charge in [-0.15, -0.1) is 0 Å². The van der Waals surface area contributed by atoms with Crippen LogP contribution in [0.1, 0.15) is 31.7 Å². The van der Waals surface area contributed by atoms with Gasteiger partial charge in [0.25, 0.3) is 5.91 Å². The molecule has 1 aromatic carbocycles. The van der Waals surface area contributed by atoms with Crippen LogP contribution in [-0.4, -0.2) is 29.6 Å². The van der Waals surface area contributed by atoms with Crippen LogP contribution in [0.4, 0.5) is 5.69 Å². The van der Waals surface area contributed by atoms with Gasteiger partial charge in [-0.3, -0.25) is 9.59 Å². The quantitative estimate of drug-likeness (QED) is 0.897. The summed E-state index contributed by atoms with van der Waals surface area (Å²) in [6.45, 7) is 4.59. The van der Waals surface area contributed by atoms with Crippen LogP contribution in [0.5, 0.6) is 5.75 Å². The van der Waals surface area contributed by atoms with E-state index in [4.69, 9.17) is 9.84 Å². The Morgan fingerprint density at radius 1 is 1.45 bits per heavy atom. The lowest BCUT2D eigenvalue weighted by Crippen LogP contribution is -2.47. The molecule has 20 heavy (non-hydrogen) atoms. The molecule has 0 radical (unpaired) electrons. The van der Waals surface area contributed by atoms with E-state index in [1.54, 1.807) is 11.0 Å². The van der Waals surface area contributed by atoms with Gasteiger partial charge in [0.2, 0.25) is 0 Å². The predicted molar refractivity (Wildman–Crippen MR) is 75.1 cm³/mol. The molecule has 1 amide bonds. The summed E-state index contributed by atoms with van der Waals surface area (Å²) in [6.07, 6.45) is 0.600. The van der Waals surface area contributed by atoms with Gasteiger partial charge in [0, 0.05) is 6.54 Å². The van der Waals surface area contributed by atoms with Crippen molar-refractivity contribution in [3.63, 3.8) is 0 Å². The second kappa shape index (κ2) is 5.94. The molecule has 0 saturated heterocycles. The van der Waals surface area contributed by atoms with E-state index in [-0.39, 0.29) is 12.3 Å². The molecule has 1 aliphatic heterocycles. The van der Waals surface area contributed by atoms with Crippen LogP contribution in [0, 0.1) is 6.92 Å². The number of benzene rings is 1. The lowest BCUT2D eigenvalue weighted by atomic mass is 10.1. The largest absolute Gasteiger partial charge is 0.481 e. The molecule has 0 fully saturated rings. The smallest absolute Gasteiger partial charge is 0.307 e. The molecular weight excluding hydrogens is 258 g/mol. The Bertz CT molecular complexity index is 527. The van der Waals surface area contributed by atoms with Crippen molar-refractivity contribution in [2.24, 2.45) is 0 Å². The minimum atomic E-state index is -1.03. The molecule has 0 aromatic heterocycles. The van der Waals surface area contributed by atoms with Gasteiger partial charge < -0.3 is 14.7 Å². The number of amides is 1. The summed E-state index contributed by atoms with van der Waals surface area (Å²) in [5.41, 5.74) is 1.78. The zero-order valence-corrected chi connectivity index (χ0v) is 11.8. The Kier molecular flexibility index (Phi) is 4.27. The molecule has 1 N–H and O–H groups in total. The number of carboxylic acid groups (broad SMARTS) is 1. The third-order valence-electron chi connectivity index (χ3n) is 3.31. The molecule has 0 aliphatic carbocycles. The second-order valence-electron chi connectivity index (χ2n) is 5.02. The van der Waals surface area contributed by atoms with E-state index in [1.165, 1.54) is 0 Å². The number of aryl methyl sites for hydroxylation is 1. The summed E-state index contributed by atoms with van der Waals surface area (Å²) in [5, 5.41) is 8.89. The number of rotatable bonds is 5. The molecule has 2 rings (SSSR count). The van der Waals surface area contributed by atoms with Crippen molar-refractivity contribution in [2.75, 3.05) is 11.4 Å². The highest BCUT2D eigenvalue weighted by Gasteiger charge is 2.35. The van der Waals surface area contributed by atoms with E-state index in [1.807, 2.05) is 19.1 Å². The van der Waals surface area contributed by atoms with E-state index in [0.29, 0.717) is 12.3 Å². The topological polar surface area (TPSA) is 66.8 Å². The third-order valence-corrected chi connectivity index (χ3v) is 3.31. The Hall–Kier alpha value is -2.04. The summed E-state index contributed by atoms with van der Waals surface area (Å²) >= 11 is 0. The number of nitrogens with zero attached hydrogens (tertiary/aromatic N) is 1. The normalized spacial score (nSPS) is 17.6. The fourth-order valence-electron chi connectivity index (χ4n) is 2.27. The zero-order valence-electron chi connectivity index (χ0n) is 11.8. The van der Waals surface area contributed by atoms with Crippen LogP contribution in [0.2, 0.25) is 0 Å². The monoisotopic (exact) mass is 277 g/mol. The number of fused-ring (bicyclic) bond motifs is 1. The van der Waals surface area contributed by atoms with Crippen molar-refractivity contribution in [1.82, 2.24) is 0 Å². The number of carbonyl (C=O) groups is 2. The number of unbranched alkanes of at least 4 members (excludes halogenated alkanes) is 1. The molecule has 1 unspecified atom stereocenters. The lowest BCUT2D eigenvalue weighted by molar-refractivity contribution is -0.142. The second-order valence-corrected chi connectivity index (χ2v) is 5.02. The summed E-state index contributed by atoms with van der Waals surface area (Å²) < 4.78 is 5.55. The molecule has 1 heterocycles. The van der Waals surface area contributed by atoms with Crippen LogP contribution in [0.25, 0.3) is 0 Å². The highest BCUT2D eigenvalue weighted by atomic mass is 16.5. The van der Waals surface area contributed by atoms with Crippen LogP contribution < -0.4 is 9.64 Å². The zero-order chi connectivity index (χ0) is 14.7.